The van der Waals surface area contributed by atoms with Crippen LogP contribution in [0, 0.1) is 0 Å². The predicted molar refractivity (Wildman–Crippen MR) is 42.2 cm³/mol. The van der Waals surface area contributed by atoms with Crippen LogP contribution >= 0.6 is 0 Å². The van der Waals surface area contributed by atoms with Crippen molar-refractivity contribution in [2.75, 3.05) is 39.6 Å². The second-order valence-corrected chi connectivity index (χ2v) is 2.88. The van der Waals surface area contributed by atoms with Crippen molar-refractivity contribution in [3.8, 4) is 0 Å². The lowest BCUT2D eigenvalue weighted by Crippen LogP contribution is -2.22. The molecule has 2 saturated heterocycles. The maximum Gasteiger partial charge on any atom is 0.181 e. The summed E-state index contributed by atoms with van der Waals surface area (Å²) in [4.78, 5) is 0. The van der Waals surface area contributed by atoms with Crippen LogP contribution in [-0.2, 0) is 23.7 Å². The summed E-state index contributed by atoms with van der Waals surface area (Å²) in [5.74, 6) is 0. The molecule has 0 saturated carbocycles. The second kappa shape index (κ2) is 4.88. The molecule has 0 unspecified atom stereocenters. The molecule has 5 heteroatoms. The Morgan fingerprint density at radius 1 is 0.769 bits per heavy atom. The number of rotatable bonds is 4. The molecule has 0 bridgehead atoms. The maximum absolute atomic E-state index is 5.30. The Balaban J connectivity index is 1.52. The third-order valence-electron chi connectivity index (χ3n) is 1.89. The quantitative estimate of drug-likeness (QED) is 0.611. The van der Waals surface area contributed by atoms with Crippen LogP contribution in [0.25, 0.3) is 0 Å². The van der Waals surface area contributed by atoms with E-state index >= 15 is 0 Å². The molecule has 76 valence electrons. The van der Waals surface area contributed by atoms with Gasteiger partial charge in [0, 0.05) is 0 Å². The van der Waals surface area contributed by atoms with Gasteiger partial charge in [-0.15, -0.1) is 0 Å². The van der Waals surface area contributed by atoms with Crippen molar-refractivity contribution >= 4 is 0 Å². The number of ether oxygens (including phenoxy) is 5. The minimum Gasteiger partial charge on any atom is -0.371 e. The zero-order chi connectivity index (χ0) is 8.93. The Labute approximate surface area is 76.8 Å². The normalized spacial score (nSPS) is 25.8. The predicted octanol–water partition coefficient (Wildman–Crippen LogP) is -0.251. The molecule has 13 heavy (non-hydrogen) atoms. The molecule has 2 aliphatic rings. The standard InChI is InChI=1S/C8H14O5/c1-2-11-7(10-1)5-9-6-8-12-3-4-13-8/h7-8H,1-6H2. The molecular weight excluding hydrogens is 176 g/mol. The Kier molecular flexibility index (Phi) is 3.51. The van der Waals surface area contributed by atoms with E-state index in [1.54, 1.807) is 0 Å². The van der Waals surface area contributed by atoms with Gasteiger partial charge in [0.25, 0.3) is 0 Å². The molecule has 0 spiro atoms. The minimum atomic E-state index is -0.207. The molecule has 5 nitrogen and oxygen atoms in total. The van der Waals surface area contributed by atoms with Crippen molar-refractivity contribution in [3.63, 3.8) is 0 Å². The van der Waals surface area contributed by atoms with Gasteiger partial charge in [0.05, 0.1) is 39.6 Å². The number of hydrogen-bond acceptors (Lipinski definition) is 5. The number of hydrogen-bond donors (Lipinski definition) is 0. The van der Waals surface area contributed by atoms with E-state index in [-0.39, 0.29) is 12.6 Å². The van der Waals surface area contributed by atoms with Crippen molar-refractivity contribution in [1.29, 1.82) is 0 Å². The van der Waals surface area contributed by atoms with Crippen LogP contribution in [0.2, 0.25) is 0 Å². The van der Waals surface area contributed by atoms with Crippen molar-refractivity contribution in [1.82, 2.24) is 0 Å². The van der Waals surface area contributed by atoms with Gasteiger partial charge in [-0.1, -0.05) is 0 Å². The van der Waals surface area contributed by atoms with Gasteiger partial charge >= 0.3 is 0 Å². The lowest BCUT2D eigenvalue weighted by Gasteiger charge is -2.12. The van der Waals surface area contributed by atoms with Crippen molar-refractivity contribution in [2.45, 2.75) is 12.6 Å². The SMILES string of the molecule is C1COC(COCC2OCCO2)O1. The van der Waals surface area contributed by atoms with E-state index in [1.165, 1.54) is 0 Å². The third kappa shape index (κ3) is 2.89. The van der Waals surface area contributed by atoms with Gasteiger partial charge in [-0.2, -0.15) is 0 Å². The summed E-state index contributed by atoms with van der Waals surface area (Å²) in [5.41, 5.74) is 0. The van der Waals surface area contributed by atoms with E-state index in [0.717, 1.165) is 0 Å². The molecule has 2 heterocycles. The molecule has 0 atom stereocenters. The van der Waals surface area contributed by atoms with Gasteiger partial charge < -0.3 is 23.7 Å². The molecule has 0 aromatic rings. The van der Waals surface area contributed by atoms with Gasteiger partial charge in [0.15, 0.2) is 12.6 Å². The lowest BCUT2D eigenvalue weighted by molar-refractivity contribution is -0.137. The molecule has 2 rings (SSSR count). The average molecular weight is 190 g/mol. The summed E-state index contributed by atoms with van der Waals surface area (Å²) >= 11 is 0. The third-order valence-corrected chi connectivity index (χ3v) is 1.89. The molecule has 0 aromatic heterocycles. The Morgan fingerprint density at radius 3 is 1.54 bits per heavy atom. The molecule has 0 amide bonds. The highest BCUT2D eigenvalue weighted by atomic mass is 16.7. The minimum absolute atomic E-state index is 0.207. The van der Waals surface area contributed by atoms with Crippen LogP contribution in [0.4, 0.5) is 0 Å². The smallest absolute Gasteiger partial charge is 0.181 e. The Hall–Kier alpha value is -0.200. The fourth-order valence-corrected chi connectivity index (χ4v) is 1.27. The zero-order valence-corrected chi connectivity index (χ0v) is 7.44. The van der Waals surface area contributed by atoms with Crippen LogP contribution < -0.4 is 0 Å². The average Bonchev–Trinajstić information content (AvgIpc) is 2.75. The van der Waals surface area contributed by atoms with E-state index in [1.807, 2.05) is 0 Å². The van der Waals surface area contributed by atoms with Crippen LogP contribution in [-0.4, -0.2) is 52.2 Å². The van der Waals surface area contributed by atoms with Gasteiger partial charge in [0.2, 0.25) is 0 Å². The highest BCUT2D eigenvalue weighted by molar-refractivity contribution is 4.53. The first kappa shape index (κ1) is 9.36. The van der Waals surface area contributed by atoms with Crippen molar-refractivity contribution in [2.24, 2.45) is 0 Å². The van der Waals surface area contributed by atoms with E-state index in [9.17, 15) is 0 Å². The molecule has 0 radical (unpaired) electrons. The van der Waals surface area contributed by atoms with Crippen LogP contribution in [0.15, 0.2) is 0 Å². The molecule has 0 aliphatic carbocycles. The van der Waals surface area contributed by atoms with Crippen LogP contribution in [0.1, 0.15) is 0 Å². The summed E-state index contributed by atoms with van der Waals surface area (Å²) in [6.07, 6.45) is -0.414. The molecular formula is C8H14O5. The summed E-state index contributed by atoms with van der Waals surface area (Å²) in [6, 6.07) is 0. The highest BCUT2D eigenvalue weighted by Crippen LogP contribution is 2.07. The molecule has 2 fully saturated rings. The van der Waals surface area contributed by atoms with E-state index < -0.39 is 0 Å². The van der Waals surface area contributed by atoms with Crippen LogP contribution in [0.5, 0.6) is 0 Å². The summed E-state index contributed by atoms with van der Waals surface area (Å²) in [5, 5.41) is 0. The zero-order valence-electron chi connectivity index (χ0n) is 7.44. The van der Waals surface area contributed by atoms with Gasteiger partial charge in [0.1, 0.15) is 0 Å². The summed E-state index contributed by atoms with van der Waals surface area (Å²) in [6.45, 7) is 3.52. The largest absolute Gasteiger partial charge is 0.371 e. The Bertz CT molecular complexity index is 123. The maximum atomic E-state index is 5.30. The fraction of sp³-hybridized carbons (Fsp3) is 1.00. The van der Waals surface area contributed by atoms with Crippen molar-refractivity contribution < 1.29 is 23.7 Å². The second-order valence-electron chi connectivity index (χ2n) is 2.88. The molecule has 0 N–H and O–H groups in total. The summed E-state index contributed by atoms with van der Waals surface area (Å²) < 4.78 is 26.1. The van der Waals surface area contributed by atoms with E-state index in [0.29, 0.717) is 39.6 Å². The van der Waals surface area contributed by atoms with Gasteiger partial charge in [-0.25, -0.2) is 0 Å². The first-order valence-corrected chi connectivity index (χ1v) is 4.49. The fourth-order valence-electron chi connectivity index (χ4n) is 1.27. The van der Waals surface area contributed by atoms with Gasteiger partial charge in [-0.05, 0) is 0 Å². The Morgan fingerprint density at radius 2 is 1.15 bits per heavy atom. The van der Waals surface area contributed by atoms with Crippen molar-refractivity contribution in [3.05, 3.63) is 0 Å². The first-order chi connectivity index (χ1) is 6.45. The molecule has 2 aliphatic heterocycles. The highest BCUT2D eigenvalue weighted by Gasteiger charge is 2.19. The molecule has 0 aromatic carbocycles. The first-order valence-electron chi connectivity index (χ1n) is 4.49. The van der Waals surface area contributed by atoms with Gasteiger partial charge in [-0.3, -0.25) is 0 Å². The van der Waals surface area contributed by atoms with E-state index in [2.05, 4.69) is 0 Å². The van der Waals surface area contributed by atoms with E-state index in [4.69, 9.17) is 23.7 Å². The monoisotopic (exact) mass is 190 g/mol. The van der Waals surface area contributed by atoms with Crippen LogP contribution in [0.3, 0.4) is 0 Å². The topological polar surface area (TPSA) is 46.2 Å². The lowest BCUT2D eigenvalue weighted by atomic mass is 10.6. The summed E-state index contributed by atoms with van der Waals surface area (Å²) in [7, 11) is 0.